The minimum Gasteiger partial charge on any atom is -0.469 e. The monoisotopic (exact) mass is 453 g/mol. The molecule has 0 spiro atoms. The summed E-state index contributed by atoms with van der Waals surface area (Å²) in [6, 6.07) is 7.48. The molecule has 1 N–H and O–H groups in total. The molecule has 2 aliphatic rings. The van der Waals surface area contributed by atoms with Crippen molar-refractivity contribution >= 4 is 17.9 Å². The number of ether oxygens (including phenoxy) is 1. The molecule has 3 heterocycles. The second-order valence-electron chi connectivity index (χ2n) is 8.66. The Morgan fingerprint density at radius 3 is 2.61 bits per heavy atom. The van der Waals surface area contributed by atoms with E-state index in [1.54, 1.807) is 0 Å². The number of piperidine rings is 1. The standard InChI is InChI=1S/C24H31N5O4/c1-16-21(10-11-22(30)33-3)17(2)29(26-16)19-8-6-18(7-9-19)23(31)27-13-4-5-20(15-27)28-14-12-25-24(28)32/h6-9,20H,4-5,10-15H2,1-3H3,(H,25,32). The molecule has 0 saturated carbocycles. The van der Waals surface area contributed by atoms with Gasteiger partial charge < -0.3 is 19.9 Å². The number of rotatable bonds is 6. The van der Waals surface area contributed by atoms with E-state index >= 15 is 0 Å². The highest BCUT2D eigenvalue weighted by atomic mass is 16.5. The maximum atomic E-state index is 13.1. The second kappa shape index (κ2) is 9.64. The fourth-order valence-corrected chi connectivity index (χ4v) is 4.77. The third kappa shape index (κ3) is 4.72. The Balaban J connectivity index is 1.45. The SMILES string of the molecule is COC(=O)CCc1c(C)nn(-c2ccc(C(=O)N3CCCC(N4CCNC4=O)C3)cc2)c1C. The van der Waals surface area contributed by atoms with Crippen LogP contribution in [-0.4, -0.2) is 76.8 Å². The Kier molecular flexibility index (Phi) is 6.67. The van der Waals surface area contributed by atoms with Gasteiger partial charge in [0.15, 0.2) is 0 Å². The first-order valence-electron chi connectivity index (χ1n) is 11.4. The third-order valence-corrected chi connectivity index (χ3v) is 6.62. The number of nitrogens with one attached hydrogen (secondary N) is 1. The van der Waals surface area contributed by atoms with Crippen LogP contribution in [0, 0.1) is 13.8 Å². The van der Waals surface area contributed by atoms with Crippen molar-refractivity contribution in [2.75, 3.05) is 33.3 Å². The molecular weight excluding hydrogens is 422 g/mol. The molecular formula is C24H31N5O4. The van der Waals surface area contributed by atoms with Crippen molar-refractivity contribution in [1.29, 1.82) is 0 Å². The summed E-state index contributed by atoms with van der Waals surface area (Å²) in [7, 11) is 1.39. The number of hydrogen-bond acceptors (Lipinski definition) is 5. The zero-order chi connectivity index (χ0) is 23.5. The number of aromatic nitrogens is 2. The van der Waals surface area contributed by atoms with E-state index in [1.165, 1.54) is 7.11 Å². The van der Waals surface area contributed by atoms with Gasteiger partial charge >= 0.3 is 12.0 Å². The molecule has 1 unspecified atom stereocenters. The maximum Gasteiger partial charge on any atom is 0.317 e. The van der Waals surface area contributed by atoms with Crippen molar-refractivity contribution in [1.82, 2.24) is 24.9 Å². The van der Waals surface area contributed by atoms with Gasteiger partial charge in [-0.25, -0.2) is 9.48 Å². The fraction of sp³-hybridized carbons (Fsp3) is 0.500. The maximum absolute atomic E-state index is 13.1. The Bertz CT molecular complexity index is 1050. The second-order valence-corrected chi connectivity index (χ2v) is 8.66. The average Bonchev–Trinajstić information content (AvgIpc) is 3.39. The van der Waals surface area contributed by atoms with Crippen molar-refractivity contribution in [3.63, 3.8) is 0 Å². The molecule has 2 saturated heterocycles. The van der Waals surface area contributed by atoms with Gasteiger partial charge in [-0.15, -0.1) is 0 Å². The van der Waals surface area contributed by atoms with Gasteiger partial charge in [-0.05, 0) is 62.9 Å². The molecule has 176 valence electrons. The van der Waals surface area contributed by atoms with Gasteiger partial charge in [0.1, 0.15) is 0 Å². The molecule has 1 atom stereocenters. The van der Waals surface area contributed by atoms with Gasteiger partial charge in [-0.2, -0.15) is 5.10 Å². The molecule has 2 fully saturated rings. The molecule has 3 amide bonds. The smallest absolute Gasteiger partial charge is 0.317 e. The molecule has 0 bridgehead atoms. The van der Waals surface area contributed by atoms with E-state index in [2.05, 4.69) is 10.4 Å². The summed E-state index contributed by atoms with van der Waals surface area (Å²) < 4.78 is 6.59. The summed E-state index contributed by atoms with van der Waals surface area (Å²) in [5.74, 6) is -0.257. The van der Waals surface area contributed by atoms with E-state index in [0.29, 0.717) is 44.6 Å². The van der Waals surface area contributed by atoms with Crippen molar-refractivity contribution in [2.45, 2.75) is 45.6 Å². The largest absolute Gasteiger partial charge is 0.469 e. The van der Waals surface area contributed by atoms with Crippen LogP contribution in [0.15, 0.2) is 24.3 Å². The Labute approximate surface area is 193 Å². The number of esters is 1. The zero-order valence-electron chi connectivity index (χ0n) is 19.5. The third-order valence-electron chi connectivity index (χ3n) is 6.62. The van der Waals surface area contributed by atoms with Crippen LogP contribution < -0.4 is 5.32 Å². The zero-order valence-corrected chi connectivity index (χ0v) is 19.5. The molecule has 1 aromatic heterocycles. The Hall–Kier alpha value is -3.36. The van der Waals surface area contributed by atoms with Crippen LogP contribution >= 0.6 is 0 Å². The minimum absolute atomic E-state index is 0.0158. The van der Waals surface area contributed by atoms with Crippen LogP contribution in [0.4, 0.5) is 4.79 Å². The molecule has 0 aliphatic carbocycles. The number of carbonyl (C=O) groups is 3. The van der Waals surface area contributed by atoms with Gasteiger partial charge in [-0.1, -0.05) is 0 Å². The number of hydrogen-bond donors (Lipinski definition) is 1. The molecule has 4 rings (SSSR count). The van der Waals surface area contributed by atoms with Gasteiger partial charge in [0.05, 0.1) is 24.5 Å². The van der Waals surface area contributed by atoms with E-state index < -0.39 is 0 Å². The van der Waals surface area contributed by atoms with E-state index in [4.69, 9.17) is 4.74 Å². The summed E-state index contributed by atoms with van der Waals surface area (Å²) in [6.45, 7) is 6.55. The molecule has 9 nitrogen and oxygen atoms in total. The van der Waals surface area contributed by atoms with Crippen molar-refractivity contribution < 1.29 is 19.1 Å². The lowest BCUT2D eigenvalue weighted by Crippen LogP contribution is -2.50. The molecule has 33 heavy (non-hydrogen) atoms. The predicted molar refractivity (Wildman–Crippen MR) is 122 cm³/mol. The van der Waals surface area contributed by atoms with Crippen LogP contribution in [0.3, 0.4) is 0 Å². The van der Waals surface area contributed by atoms with Crippen LogP contribution in [-0.2, 0) is 16.0 Å². The normalized spacial score (nSPS) is 18.4. The Morgan fingerprint density at radius 1 is 1.18 bits per heavy atom. The highest BCUT2D eigenvalue weighted by molar-refractivity contribution is 5.94. The van der Waals surface area contributed by atoms with E-state index in [-0.39, 0.29) is 23.9 Å². The lowest BCUT2D eigenvalue weighted by Gasteiger charge is -2.37. The first-order chi connectivity index (χ1) is 15.9. The number of amides is 3. The van der Waals surface area contributed by atoms with Crippen LogP contribution in [0.5, 0.6) is 0 Å². The topological polar surface area (TPSA) is 96.8 Å². The summed E-state index contributed by atoms with van der Waals surface area (Å²) in [5, 5.41) is 7.48. The van der Waals surface area contributed by atoms with Crippen LogP contribution in [0.1, 0.15) is 46.6 Å². The molecule has 9 heteroatoms. The predicted octanol–water partition coefficient (Wildman–Crippen LogP) is 2.22. The Morgan fingerprint density at radius 2 is 1.94 bits per heavy atom. The van der Waals surface area contributed by atoms with Crippen molar-refractivity contribution in [3.8, 4) is 5.69 Å². The number of aryl methyl sites for hydroxylation is 1. The summed E-state index contributed by atoms with van der Waals surface area (Å²) >= 11 is 0. The number of urea groups is 1. The highest BCUT2D eigenvalue weighted by Gasteiger charge is 2.33. The van der Waals surface area contributed by atoms with E-state index in [9.17, 15) is 14.4 Å². The van der Waals surface area contributed by atoms with Crippen LogP contribution in [0.2, 0.25) is 0 Å². The summed E-state index contributed by atoms with van der Waals surface area (Å²) in [6.07, 6.45) is 2.70. The van der Waals surface area contributed by atoms with Crippen molar-refractivity contribution in [3.05, 3.63) is 46.8 Å². The fourth-order valence-electron chi connectivity index (χ4n) is 4.77. The minimum atomic E-state index is -0.241. The van der Waals surface area contributed by atoms with Crippen molar-refractivity contribution in [2.24, 2.45) is 0 Å². The van der Waals surface area contributed by atoms with E-state index in [1.807, 2.05) is 52.6 Å². The summed E-state index contributed by atoms with van der Waals surface area (Å²) in [4.78, 5) is 40.4. The number of methoxy groups -OCH3 is 1. The van der Waals surface area contributed by atoms with Gasteiger partial charge in [0, 0.05) is 43.9 Å². The lowest BCUT2D eigenvalue weighted by atomic mass is 10.0. The number of likely N-dealkylation sites (tertiary alicyclic amines) is 1. The number of carbonyl (C=O) groups excluding carboxylic acids is 3. The van der Waals surface area contributed by atoms with E-state index in [0.717, 1.165) is 35.5 Å². The number of benzene rings is 1. The lowest BCUT2D eigenvalue weighted by molar-refractivity contribution is -0.140. The van der Waals surface area contributed by atoms with Gasteiger partial charge in [-0.3, -0.25) is 9.59 Å². The number of nitrogens with zero attached hydrogens (tertiary/aromatic N) is 4. The molecule has 2 aliphatic heterocycles. The summed E-state index contributed by atoms with van der Waals surface area (Å²) in [5.41, 5.74) is 4.37. The molecule has 0 radical (unpaired) electrons. The average molecular weight is 454 g/mol. The quantitative estimate of drug-likeness (QED) is 0.677. The molecule has 1 aromatic carbocycles. The van der Waals surface area contributed by atoms with Gasteiger partial charge in [0.2, 0.25) is 0 Å². The molecule has 2 aromatic rings. The highest BCUT2D eigenvalue weighted by Crippen LogP contribution is 2.22. The van der Waals surface area contributed by atoms with Gasteiger partial charge in [0.25, 0.3) is 5.91 Å². The first-order valence-corrected chi connectivity index (χ1v) is 11.4. The van der Waals surface area contributed by atoms with Crippen LogP contribution in [0.25, 0.3) is 5.69 Å². The first kappa shape index (κ1) is 22.8.